The maximum atomic E-state index is 9.73. The van der Waals surface area contributed by atoms with E-state index in [0.717, 1.165) is 26.2 Å². The van der Waals surface area contributed by atoms with E-state index in [-0.39, 0.29) is 11.5 Å². The van der Waals surface area contributed by atoms with Gasteiger partial charge in [0, 0.05) is 30.4 Å². The summed E-state index contributed by atoms with van der Waals surface area (Å²) in [5.41, 5.74) is 1.84. The zero-order valence-corrected chi connectivity index (χ0v) is 12.3. The number of nitrogens with zero attached hydrogens (tertiary/aromatic N) is 3. The van der Waals surface area contributed by atoms with Gasteiger partial charge >= 0.3 is 0 Å². The molecule has 1 saturated heterocycles. The van der Waals surface area contributed by atoms with Crippen molar-refractivity contribution < 1.29 is 10.2 Å². The lowest BCUT2D eigenvalue weighted by Gasteiger charge is -2.34. The summed E-state index contributed by atoms with van der Waals surface area (Å²) in [4.78, 5) is 2.34. The number of anilines is 1. The van der Waals surface area contributed by atoms with E-state index in [2.05, 4.69) is 22.1 Å². The normalized spacial score (nSPS) is 15.5. The van der Waals surface area contributed by atoms with E-state index < -0.39 is 0 Å². The Balaban J connectivity index is 1.59. The third kappa shape index (κ3) is 3.31. The molecule has 0 amide bonds. The lowest BCUT2D eigenvalue weighted by Crippen LogP contribution is -2.44. The fraction of sp³-hybridized carbons (Fsp3) is 0.235. The van der Waals surface area contributed by atoms with Crippen LogP contribution in [0.2, 0.25) is 0 Å². The van der Waals surface area contributed by atoms with E-state index in [0.29, 0.717) is 5.56 Å². The van der Waals surface area contributed by atoms with Gasteiger partial charge in [0.1, 0.15) is 11.5 Å². The molecular weight excluding hydrogens is 278 g/mol. The van der Waals surface area contributed by atoms with Gasteiger partial charge in [0.25, 0.3) is 0 Å². The number of phenols is 2. The van der Waals surface area contributed by atoms with E-state index in [9.17, 15) is 10.2 Å². The molecule has 0 radical (unpaired) electrons. The molecule has 0 atom stereocenters. The second-order valence-electron chi connectivity index (χ2n) is 5.26. The highest BCUT2D eigenvalue weighted by Gasteiger charge is 2.15. The Bertz CT molecular complexity index is 650. The molecule has 2 aromatic carbocycles. The lowest BCUT2D eigenvalue weighted by molar-refractivity contribution is 0.272. The van der Waals surface area contributed by atoms with Gasteiger partial charge in [0.05, 0.1) is 19.3 Å². The van der Waals surface area contributed by atoms with Crippen molar-refractivity contribution in [2.24, 2.45) is 5.10 Å². The Morgan fingerprint density at radius 1 is 0.909 bits per heavy atom. The predicted molar refractivity (Wildman–Crippen MR) is 87.6 cm³/mol. The average molecular weight is 297 g/mol. The van der Waals surface area contributed by atoms with Crippen LogP contribution in [0, 0.1) is 0 Å². The van der Waals surface area contributed by atoms with Crippen LogP contribution < -0.4 is 4.90 Å². The van der Waals surface area contributed by atoms with Gasteiger partial charge in [-0.2, -0.15) is 5.10 Å². The van der Waals surface area contributed by atoms with Gasteiger partial charge in [0.2, 0.25) is 0 Å². The number of phenolic OH excluding ortho intramolecular Hbond substituents is 2. The maximum absolute atomic E-state index is 9.73. The molecule has 1 aliphatic heterocycles. The number of piperazine rings is 1. The van der Waals surface area contributed by atoms with Gasteiger partial charge in [0.15, 0.2) is 0 Å². The first-order valence-corrected chi connectivity index (χ1v) is 7.33. The smallest absolute Gasteiger partial charge is 0.128 e. The molecule has 2 N–H and O–H groups in total. The molecule has 114 valence electrons. The maximum Gasteiger partial charge on any atom is 0.128 e. The first kappa shape index (κ1) is 14.3. The summed E-state index contributed by atoms with van der Waals surface area (Å²) in [5.74, 6) is 0.0813. The first-order chi connectivity index (χ1) is 10.7. The summed E-state index contributed by atoms with van der Waals surface area (Å²) in [7, 11) is 0. The molecule has 0 spiro atoms. The summed E-state index contributed by atoms with van der Waals surface area (Å²) in [5, 5.41) is 25.4. The van der Waals surface area contributed by atoms with Gasteiger partial charge < -0.3 is 15.1 Å². The number of hydrogen-bond acceptors (Lipinski definition) is 5. The van der Waals surface area contributed by atoms with E-state index in [4.69, 9.17) is 0 Å². The third-order valence-corrected chi connectivity index (χ3v) is 3.75. The standard InChI is InChI=1S/C17H19N3O2/c21-16-7-6-14(17(22)12-16)13-18-20-10-8-19(9-11-20)15-4-2-1-3-5-15/h1-7,12-13,21-22H,8-11H2/b18-13-. The van der Waals surface area contributed by atoms with Crippen molar-refractivity contribution in [3.63, 3.8) is 0 Å². The number of hydrazone groups is 1. The molecule has 0 unspecified atom stereocenters. The Kier molecular flexibility index (Phi) is 4.14. The van der Waals surface area contributed by atoms with Gasteiger partial charge in [-0.1, -0.05) is 18.2 Å². The SMILES string of the molecule is Oc1ccc(/C=N\N2CCN(c3ccccc3)CC2)c(O)c1. The molecule has 1 heterocycles. The molecule has 5 nitrogen and oxygen atoms in total. The lowest BCUT2D eigenvalue weighted by atomic mass is 10.2. The molecule has 1 aliphatic rings. The fourth-order valence-electron chi connectivity index (χ4n) is 2.49. The zero-order chi connectivity index (χ0) is 15.4. The van der Waals surface area contributed by atoms with Gasteiger partial charge in [-0.25, -0.2) is 0 Å². The summed E-state index contributed by atoms with van der Waals surface area (Å²) in [6.45, 7) is 3.51. The molecule has 5 heteroatoms. The highest BCUT2D eigenvalue weighted by atomic mass is 16.3. The fourth-order valence-corrected chi connectivity index (χ4v) is 2.49. The van der Waals surface area contributed by atoms with Gasteiger partial charge in [-0.05, 0) is 24.3 Å². The summed E-state index contributed by atoms with van der Waals surface area (Å²) < 4.78 is 0. The average Bonchev–Trinajstić information content (AvgIpc) is 2.55. The van der Waals surface area contributed by atoms with Crippen LogP contribution in [0.1, 0.15) is 5.56 Å². The zero-order valence-electron chi connectivity index (χ0n) is 12.3. The van der Waals surface area contributed by atoms with E-state index >= 15 is 0 Å². The molecule has 0 aliphatic carbocycles. The van der Waals surface area contributed by atoms with Gasteiger partial charge in [-0.3, -0.25) is 5.01 Å². The van der Waals surface area contributed by atoms with Crippen LogP contribution in [0.3, 0.4) is 0 Å². The number of hydrogen-bond donors (Lipinski definition) is 2. The first-order valence-electron chi connectivity index (χ1n) is 7.33. The van der Waals surface area contributed by atoms with Crippen molar-refractivity contribution in [2.75, 3.05) is 31.1 Å². The van der Waals surface area contributed by atoms with Crippen LogP contribution in [-0.4, -0.2) is 47.6 Å². The third-order valence-electron chi connectivity index (χ3n) is 3.75. The number of benzene rings is 2. The minimum absolute atomic E-state index is 0.0340. The van der Waals surface area contributed by atoms with Crippen LogP contribution in [-0.2, 0) is 0 Å². The second-order valence-corrected chi connectivity index (χ2v) is 5.26. The minimum atomic E-state index is 0.0340. The van der Waals surface area contributed by atoms with Gasteiger partial charge in [-0.15, -0.1) is 0 Å². The Labute approximate surface area is 129 Å². The molecule has 3 rings (SSSR count). The van der Waals surface area contributed by atoms with Crippen LogP contribution in [0.5, 0.6) is 11.5 Å². The van der Waals surface area contributed by atoms with Crippen molar-refractivity contribution in [1.82, 2.24) is 5.01 Å². The quantitative estimate of drug-likeness (QED) is 0.853. The number of rotatable bonds is 3. The van der Waals surface area contributed by atoms with E-state index in [1.54, 1.807) is 12.3 Å². The van der Waals surface area contributed by atoms with Crippen molar-refractivity contribution >= 4 is 11.9 Å². The van der Waals surface area contributed by atoms with Crippen LogP contribution in [0.25, 0.3) is 0 Å². The van der Waals surface area contributed by atoms with E-state index in [1.165, 1.54) is 17.8 Å². The van der Waals surface area contributed by atoms with E-state index in [1.807, 2.05) is 23.2 Å². The molecular formula is C17H19N3O2. The molecule has 0 aromatic heterocycles. The molecule has 0 saturated carbocycles. The van der Waals surface area contributed by atoms with Crippen molar-refractivity contribution in [3.8, 4) is 11.5 Å². The highest BCUT2D eigenvalue weighted by molar-refractivity contribution is 5.83. The number of aromatic hydroxyl groups is 2. The van der Waals surface area contributed by atoms with Crippen LogP contribution >= 0.6 is 0 Å². The topological polar surface area (TPSA) is 59.3 Å². The summed E-state index contributed by atoms with van der Waals surface area (Å²) >= 11 is 0. The summed E-state index contributed by atoms with van der Waals surface area (Å²) in [6.07, 6.45) is 1.63. The molecule has 2 aromatic rings. The Hall–Kier alpha value is -2.69. The Morgan fingerprint density at radius 2 is 1.64 bits per heavy atom. The molecule has 0 bridgehead atoms. The minimum Gasteiger partial charge on any atom is -0.508 e. The van der Waals surface area contributed by atoms with Crippen LogP contribution in [0.15, 0.2) is 53.6 Å². The molecule has 22 heavy (non-hydrogen) atoms. The number of para-hydroxylation sites is 1. The molecule has 1 fully saturated rings. The summed E-state index contributed by atoms with van der Waals surface area (Å²) in [6, 6.07) is 14.9. The predicted octanol–water partition coefficient (Wildman–Crippen LogP) is 2.25. The Morgan fingerprint density at radius 3 is 2.32 bits per heavy atom. The van der Waals surface area contributed by atoms with Crippen LogP contribution in [0.4, 0.5) is 5.69 Å². The largest absolute Gasteiger partial charge is 0.508 e. The van der Waals surface area contributed by atoms with Crippen molar-refractivity contribution in [3.05, 3.63) is 54.1 Å². The highest BCUT2D eigenvalue weighted by Crippen LogP contribution is 2.21. The van der Waals surface area contributed by atoms with Crippen molar-refractivity contribution in [1.29, 1.82) is 0 Å². The second kappa shape index (κ2) is 6.39. The monoisotopic (exact) mass is 297 g/mol. The van der Waals surface area contributed by atoms with Crippen molar-refractivity contribution in [2.45, 2.75) is 0 Å².